The van der Waals surface area contributed by atoms with Crippen LogP contribution in [0.15, 0.2) is 43.5 Å². The number of sulfonamides is 1. The van der Waals surface area contributed by atoms with Crippen molar-refractivity contribution in [2.24, 2.45) is 5.92 Å². The van der Waals surface area contributed by atoms with E-state index in [0.717, 1.165) is 23.8 Å². The third-order valence-electron chi connectivity index (χ3n) is 10.4. The summed E-state index contributed by atoms with van der Waals surface area (Å²) in [7, 11) is -3.97. The van der Waals surface area contributed by atoms with Gasteiger partial charge >= 0.3 is 12.2 Å². The van der Waals surface area contributed by atoms with Crippen LogP contribution in [0, 0.1) is 11.7 Å². The first-order valence-corrected chi connectivity index (χ1v) is 19.2. The highest BCUT2D eigenvalue weighted by Crippen LogP contribution is 2.45. The van der Waals surface area contributed by atoms with Gasteiger partial charge < -0.3 is 30.3 Å². The van der Waals surface area contributed by atoms with E-state index in [-0.39, 0.29) is 38.6 Å². The monoisotopic (exact) mass is 758 g/mol. The van der Waals surface area contributed by atoms with Gasteiger partial charge in [0.05, 0.1) is 18.3 Å². The van der Waals surface area contributed by atoms with E-state index in [4.69, 9.17) is 9.47 Å². The Hall–Kier alpha value is -5.00. The highest BCUT2D eigenvalue weighted by atomic mass is 32.2. The van der Waals surface area contributed by atoms with Gasteiger partial charge in [-0.3, -0.25) is 28.8 Å². The second-order valence-corrected chi connectivity index (χ2v) is 16.1. The summed E-state index contributed by atoms with van der Waals surface area (Å²) in [6.07, 6.45) is 2.90. The van der Waals surface area contributed by atoms with Crippen molar-refractivity contribution in [1.82, 2.24) is 30.5 Å². The number of fused-ring (bicyclic) bond motifs is 1. The number of hydrogen-bond acceptors (Lipinski definition) is 10. The summed E-state index contributed by atoms with van der Waals surface area (Å²) >= 11 is 0. The van der Waals surface area contributed by atoms with Gasteiger partial charge in [0.25, 0.3) is 5.91 Å². The molecule has 1 saturated heterocycles. The first-order valence-electron chi connectivity index (χ1n) is 17.6. The number of nitrogens with one attached hydrogen (secondary N) is 4. The number of halogens is 1. The van der Waals surface area contributed by atoms with Gasteiger partial charge in [-0.05, 0) is 62.7 Å². The van der Waals surface area contributed by atoms with E-state index in [1.807, 2.05) is 0 Å². The smallest absolute Gasteiger partial charge is 0.410 e. The van der Waals surface area contributed by atoms with Gasteiger partial charge in [-0.2, -0.15) is 0 Å². The quantitative estimate of drug-likeness (QED) is 0.167. The third-order valence-corrected chi connectivity index (χ3v) is 12.2. The molecule has 286 valence electrons. The maximum Gasteiger partial charge on any atom is 0.410 e. The molecule has 0 spiro atoms. The van der Waals surface area contributed by atoms with Crippen LogP contribution in [-0.2, 0) is 51.8 Å². The van der Waals surface area contributed by atoms with Crippen LogP contribution in [0.5, 0.6) is 0 Å². The molecular weight excluding hydrogens is 715 g/mol. The highest BCUT2D eigenvalue weighted by Gasteiger charge is 2.62. The molecule has 3 saturated carbocycles. The lowest BCUT2D eigenvalue weighted by Gasteiger charge is -2.30. The molecule has 3 aliphatic carbocycles. The minimum Gasteiger partial charge on any atom is -0.446 e. The fourth-order valence-corrected chi connectivity index (χ4v) is 8.49. The number of alkyl carbamates (subject to hydrolysis) is 1. The molecule has 4 fully saturated rings. The van der Waals surface area contributed by atoms with Gasteiger partial charge in [0, 0.05) is 31.0 Å². The Kier molecular flexibility index (Phi) is 10.8. The number of nitrogens with zero attached hydrogens (tertiary/aromatic N) is 2. The van der Waals surface area contributed by atoms with Crippen LogP contribution >= 0.6 is 0 Å². The fourth-order valence-electron chi connectivity index (χ4n) is 7.13. The average Bonchev–Trinajstić information content (AvgIpc) is 3.92. The Morgan fingerprint density at radius 2 is 1.75 bits per heavy atom. The molecule has 0 bridgehead atoms. The zero-order valence-corrected chi connectivity index (χ0v) is 29.8. The van der Waals surface area contributed by atoms with Crippen molar-refractivity contribution >= 4 is 45.8 Å². The number of benzene rings is 1. The van der Waals surface area contributed by atoms with Crippen LogP contribution in [0.2, 0.25) is 0 Å². The van der Waals surface area contributed by atoms with Crippen LogP contribution in [0.25, 0.3) is 0 Å². The zero-order chi connectivity index (χ0) is 38.1. The third kappa shape index (κ3) is 8.31. The summed E-state index contributed by atoms with van der Waals surface area (Å²) in [6.45, 7) is 6.37. The lowest BCUT2D eigenvalue weighted by Crippen LogP contribution is -2.59. The second kappa shape index (κ2) is 15.2. The highest BCUT2D eigenvalue weighted by molar-refractivity contribution is 7.91. The molecule has 53 heavy (non-hydrogen) atoms. The van der Waals surface area contributed by atoms with Crippen molar-refractivity contribution in [1.29, 1.82) is 0 Å². The van der Waals surface area contributed by atoms with E-state index in [1.54, 1.807) is 6.07 Å². The normalized spacial score (nSPS) is 25.4. The fraction of sp³-hybridized carbons (Fsp3) is 0.543. The maximum absolute atomic E-state index is 14.4. The predicted octanol–water partition coefficient (Wildman–Crippen LogP) is 1.26. The molecule has 5 atom stereocenters. The Balaban J connectivity index is 1.22. The molecule has 1 unspecified atom stereocenters. The molecule has 4 N–H and O–H groups in total. The van der Waals surface area contributed by atoms with Crippen molar-refractivity contribution in [2.75, 3.05) is 13.1 Å². The summed E-state index contributed by atoms with van der Waals surface area (Å²) in [4.78, 5) is 82.4. The maximum atomic E-state index is 14.4. The molecule has 5 aliphatic rings. The van der Waals surface area contributed by atoms with Crippen LogP contribution in [0.4, 0.5) is 14.0 Å². The van der Waals surface area contributed by atoms with E-state index in [9.17, 15) is 41.6 Å². The number of ether oxygens (including phenoxy) is 2. The lowest BCUT2D eigenvalue weighted by molar-refractivity contribution is -0.141. The zero-order valence-electron chi connectivity index (χ0n) is 29.0. The molecular formula is C35H43FN6O10S. The van der Waals surface area contributed by atoms with E-state index >= 15 is 0 Å². The summed E-state index contributed by atoms with van der Waals surface area (Å²) in [5.41, 5.74) is -0.717. The molecule has 18 heteroatoms. The van der Waals surface area contributed by atoms with Gasteiger partial charge in [0.2, 0.25) is 27.7 Å². The molecule has 1 aromatic carbocycles. The molecule has 2 aliphatic heterocycles. The van der Waals surface area contributed by atoms with Gasteiger partial charge in [0.1, 0.15) is 35.6 Å². The van der Waals surface area contributed by atoms with E-state index < -0.39 is 93.1 Å². The lowest BCUT2D eigenvalue weighted by atomic mass is 10.1. The number of hydrogen-bond donors (Lipinski definition) is 4. The number of carbonyl (C=O) groups is 6. The van der Waals surface area contributed by atoms with E-state index in [2.05, 4.69) is 33.8 Å². The minimum absolute atomic E-state index is 0.0458. The second-order valence-electron chi connectivity index (χ2n) is 14.1. The number of amides is 6. The number of carbonyl (C=O) groups excluding carboxylic acids is 6. The van der Waals surface area contributed by atoms with Gasteiger partial charge in [-0.25, -0.2) is 22.4 Å². The summed E-state index contributed by atoms with van der Waals surface area (Å²) in [5, 5.41) is 6.89. The molecule has 0 radical (unpaired) electrons. The standard InChI is InChI=1S/C35H43FN6O10S/c1-3-21-15-35(21,32(46)40-53(49,50)24-12-13-24)39-30(44)28-14-23(52-34(48)41-17-20-8-7-11-26(36)25(20)19-41)18-42(28)31(45)27(16-37-29(43)4-2)38-33(47)51-22-9-5-6-10-22/h3-4,7-8,11,21-24,27-28H,1-2,5-6,9-10,12-19H2,(H,37,43)(H,38,47)(H,39,44)(H,40,46)/t21-,23-,27+,28?,35-/m1/s1. The van der Waals surface area contributed by atoms with Crippen molar-refractivity contribution < 1.29 is 51.0 Å². The molecule has 0 aromatic heterocycles. The van der Waals surface area contributed by atoms with Crippen molar-refractivity contribution in [2.45, 2.75) is 99.5 Å². The first-order chi connectivity index (χ1) is 25.2. The van der Waals surface area contributed by atoms with Gasteiger partial charge in [-0.15, -0.1) is 6.58 Å². The molecule has 2 heterocycles. The van der Waals surface area contributed by atoms with Crippen LogP contribution in [0.3, 0.4) is 0 Å². The van der Waals surface area contributed by atoms with E-state index in [1.165, 1.54) is 23.1 Å². The summed E-state index contributed by atoms with van der Waals surface area (Å²) < 4.78 is 53.0. The summed E-state index contributed by atoms with van der Waals surface area (Å²) in [5.74, 6) is -4.36. The molecule has 1 aromatic rings. The molecule has 6 amide bonds. The van der Waals surface area contributed by atoms with Crippen molar-refractivity contribution in [3.8, 4) is 0 Å². The van der Waals surface area contributed by atoms with Gasteiger partial charge in [0.15, 0.2) is 0 Å². The SMILES string of the molecule is C=CC(=O)NC[C@H](NC(=O)OC1CCCC1)C(=O)N1C[C@H](OC(=O)N2Cc3cccc(F)c3C2)CC1C(=O)N[C@]1(C(=O)NS(=O)(=O)C2CC2)C[C@H]1C=C. The van der Waals surface area contributed by atoms with Crippen LogP contribution in [-0.4, -0.2) is 102 Å². The predicted molar refractivity (Wildman–Crippen MR) is 184 cm³/mol. The van der Waals surface area contributed by atoms with Crippen LogP contribution in [0.1, 0.15) is 62.5 Å². The van der Waals surface area contributed by atoms with Crippen molar-refractivity contribution in [3.63, 3.8) is 0 Å². The van der Waals surface area contributed by atoms with E-state index in [0.29, 0.717) is 36.8 Å². The Bertz CT molecular complexity index is 1820. The Morgan fingerprint density at radius 1 is 1.02 bits per heavy atom. The van der Waals surface area contributed by atoms with Crippen molar-refractivity contribution in [3.05, 3.63) is 60.5 Å². The number of likely N-dealkylation sites (tertiary alicyclic amines) is 1. The molecule has 6 rings (SSSR count). The first kappa shape index (κ1) is 37.7. The average molecular weight is 759 g/mol. The Morgan fingerprint density at radius 3 is 2.40 bits per heavy atom. The largest absolute Gasteiger partial charge is 0.446 e. The Labute approximate surface area is 305 Å². The van der Waals surface area contributed by atoms with Gasteiger partial charge in [-0.1, -0.05) is 24.8 Å². The number of rotatable bonds is 13. The summed E-state index contributed by atoms with van der Waals surface area (Å²) in [6, 6.07) is 1.68. The van der Waals surface area contributed by atoms with Crippen LogP contribution < -0.4 is 20.7 Å². The minimum atomic E-state index is -3.97. The topological polar surface area (TPSA) is 210 Å². The molecule has 16 nitrogen and oxygen atoms in total.